The van der Waals surface area contributed by atoms with Crippen molar-refractivity contribution in [1.29, 1.82) is 0 Å². The van der Waals surface area contributed by atoms with E-state index in [-0.39, 0.29) is 6.10 Å². The van der Waals surface area contributed by atoms with Gasteiger partial charge in [0.15, 0.2) is 0 Å². The predicted molar refractivity (Wildman–Crippen MR) is 48.7 cm³/mol. The molecule has 1 aliphatic heterocycles. The number of thioether (sulfide) groups is 1. The number of para-hydroxylation sites is 1. The molecule has 0 amide bonds. The van der Waals surface area contributed by atoms with Gasteiger partial charge in [0.2, 0.25) is 0 Å². The minimum absolute atomic E-state index is 0.345. The highest BCUT2D eigenvalue weighted by Crippen LogP contribution is 2.31. The molecule has 1 heterocycles. The molecule has 0 radical (unpaired) electrons. The number of aliphatic hydroxyl groups excluding tert-OH is 1. The summed E-state index contributed by atoms with van der Waals surface area (Å²) in [7, 11) is 0. The Bertz CT molecular complexity index is 248. The molecule has 3 heteroatoms. The molecular formula is C9H10O2S. The van der Waals surface area contributed by atoms with Gasteiger partial charge in [-0.05, 0) is 12.1 Å². The maximum Gasteiger partial charge on any atom is 0.132 e. The van der Waals surface area contributed by atoms with Gasteiger partial charge in [0, 0.05) is 10.6 Å². The molecule has 0 aliphatic carbocycles. The van der Waals surface area contributed by atoms with Crippen molar-refractivity contribution < 1.29 is 9.84 Å². The molecule has 0 unspecified atom stereocenters. The summed E-state index contributed by atoms with van der Waals surface area (Å²) in [5.41, 5.74) is 0. The van der Waals surface area contributed by atoms with Gasteiger partial charge in [-0.1, -0.05) is 12.1 Å². The number of hydrogen-bond donors (Lipinski definition) is 1. The number of ether oxygens (including phenoxy) is 1. The molecule has 1 aliphatic rings. The maximum absolute atomic E-state index is 9.32. The minimum Gasteiger partial charge on any atom is -0.490 e. The molecule has 1 atom stereocenters. The van der Waals surface area contributed by atoms with Crippen LogP contribution in [0.5, 0.6) is 5.75 Å². The Morgan fingerprint density at radius 3 is 3.17 bits per heavy atom. The summed E-state index contributed by atoms with van der Waals surface area (Å²) < 4.78 is 5.39. The van der Waals surface area contributed by atoms with Crippen molar-refractivity contribution in [2.45, 2.75) is 11.0 Å². The molecule has 0 saturated heterocycles. The smallest absolute Gasteiger partial charge is 0.132 e. The summed E-state index contributed by atoms with van der Waals surface area (Å²) >= 11 is 1.64. The van der Waals surface area contributed by atoms with Crippen LogP contribution in [0.25, 0.3) is 0 Å². The zero-order valence-electron chi connectivity index (χ0n) is 6.56. The van der Waals surface area contributed by atoms with Gasteiger partial charge in [-0.2, -0.15) is 0 Å². The van der Waals surface area contributed by atoms with Crippen LogP contribution in [0.4, 0.5) is 0 Å². The first-order valence-corrected chi connectivity index (χ1v) is 4.87. The fourth-order valence-corrected chi connectivity index (χ4v) is 2.02. The van der Waals surface area contributed by atoms with E-state index in [1.807, 2.05) is 24.3 Å². The van der Waals surface area contributed by atoms with Gasteiger partial charge in [0.1, 0.15) is 12.4 Å². The molecule has 0 bridgehead atoms. The van der Waals surface area contributed by atoms with Crippen molar-refractivity contribution in [3.05, 3.63) is 24.3 Å². The number of hydrogen-bond acceptors (Lipinski definition) is 3. The molecule has 1 aromatic carbocycles. The summed E-state index contributed by atoms with van der Waals surface area (Å²) in [5.74, 6) is 1.61. The Kier molecular flexibility index (Phi) is 2.23. The van der Waals surface area contributed by atoms with Gasteiger partial charge < -0.3 is 9.84 Å². The van der Waals surface area contributed by atoms with Crippen LogP contribution in [-0.2, 0) is 0 Å². The number of rotatable bonds is 0. The van der Waals surface area contributed by atoms with Gasteiger partial charge in [-0.3, -0.25) is 0 Å². The Labute approximate surface area is 75.6 Å². The number of fused-ring (bicyclic) bond motifs is 1. The first-order chi connectivity index (χ1) is 5.86. The lowest BCUT2D eigenvalue weighted by molar-refractivity contribution is 0.127. The highest BCUT2D eigenvalue weighted by molar-refractivity contribution is 7.99. The third-order valence-electron chi connectivity index (χ3n) is 1.71. The van der Waals surface area contributed by atoms with E-state index in [0.29, 0.717) is 6.61 Å². The molecule has 0 spiro atoms. The van der Waals surface area contributed by atoms with E-state index in [0.717, 1.165) is 16.4 Å². The van der Waals surface area contributed by atoms with Crippen LogP contribution in [0.1, 0.15) is 0 Å². The molecule has 64 valence electrons. The van der Waals surface area contributed by atoms with Crippen LogP contribution in [0.2, 0.25) is 0 Å². The normalized spacial score (nSPS) is 22.2. The molecule has 0 fully saturated rings. The minimum atomic E-state index is -0.345. The topological polar surface area (TPSA) is 29.5 Å². The van der Waals surface area contributed by atoms with Crippen LogP contribution in [-0.4, -0.2) is 23.6 Å². The zero-order chi connectivity index (χ0) is 8.39. The highest BCUT2D eigenvalue weighted by Gasteiger charge is 2.14. The quantitative estimate of drug-likeness (QED) is 0.660. The molecule has 2 rings (SSSR count). The van der Waals surface area contributed by atoms with Gasteiger partial charge in [0.05, 0.1) is 6.10 Å². The van der Waals surface area contributed by atoms with Gasteiger partial charge in [-0.15, -0.1) is 11.8 Å². The van der Waals surface area contributed by atoms with E-state index in [9.17, 15) is 5.11 Å². The summed E-state index contributed by atoms with van der Waals surface area (Å²) in [5, 5.41) is 9.32. The fourth-order valence-electron chi connectivity index (χ4n) is 1.11. The van der Waals surface area contributed by atoms with E-state index in [1.54, 1.807) is 11.8 Å². The Balaban J connectivity index is 2.26. The highest BCUT2D eigenvalue weighted by atomic mass is 32.2. The lowest BCUT2D eigenvalue weighted by Crippen LogP contribution is -2.17. The van der Waals surface area contributed by atoms with E-state index in [2.05, 4.69) is 0 Å². The third kappa shape index (κ3) is 1.57. The molecule has 0 saturated carbocycles. The zero-order valence-corrected chi connectivity index (χ0v) is 7.38. The second kappa shape index (κ2) is 3.37. The van der Waals surface area contributed by atoms with Crippen molar-refractivity contribution in [2.24, 2.45) is 0 Å². The summed E-state index contributed by atoms with van der Waals surface area (Å²) in [6, 6.07) is 7.86. The Morgan fingerprint density at radius 2 is 2.25 bits per heavy atom. The van der Waals surface area contributed by atoms with E-state index < -0.39 is 0 Å². The molecule has 0 aromatic heterocycles. The van der Waals surface area contributed by atoms with Crippen LogP contribution in [0, 0.1) is 0 Å². The van der Waals surface area contributed by atoms with Crippen LogP contribution in [0.3, 0.4) is 0 Å². The van der Waals surface area contributed by atoms with E-state index >= 15 is 0 Å². The summed E-state index contributed by atoms with van der Waals surface area (Å²) in [6.45, 7) is 0.407. The molecule has 1 aromatic rings. The molecule has 12 heavy (non-hydrogen) atoms. The van der Waals surface area contributed by atoms with Gasteiger partial charge >= 0.3 is 0 Å². The standard InChI is InChI=1S/C9H10O2S/c10-7-5-11-8-3-1-2-4-9(8)12-6-7/h1-4,7,10H,5-6H2/t7-/m1/s1. The lowest BCUT2D eigenvalue weighted by atomic mass is 10.3. The first kappa shape index (κ1) is 7.95. The second-order valence-electron chi connectivity index (χ2n) is 2.72. The molecule has 1 N–H and O–H groups in total. The van der Waals surface area contributed by atoms with Crippen LogP contribution >= 0.6 is 11.8 Å². The van der Waals surface area contributed by atoms with Crippen molar-refractivity contribution in [3.8, 4) is 5.75 Å². The van der Waals surface area contributed by atoms with E-state index in [1.165, 1.54) is 0 Å². The average Bonchev–Trinajstić information content (AvgIpc) is 2.29. The lowest BCUT2D eigenvalue weighted by Gasteiger charge is -2.05. The summed E-state index contributed by atoms with van der Waals surface area (Å²) in [6.07, 6.45) is -0.345. The molecular weight excluding hydrogens is 172 g/mol. The Morgan fingerprint density at radius 1 is 1.42 bits per heavy atom. The first-order valence-electron chi connectivity index (χ1n) is 3.89. The monoisotopic (exact) mass is 182 g/mol. The maximum atomic E-state index is 9.32. The molecule has 2 nitrogen and oxygen atoms in total. The second-order valence-corrected chi connectivity index (χ2v) is 3.78. The number of aliphatic hydroxyl groups is 1. The van der Waals surface area contributed by atoms with Crippen LogP contribution < -0.4 is 4.74 Å². The Hall–Kier alpha value is -0.670. The average molecular weight is 182 g/mol. The van der Waals surface area contributed by atoms with Crippen molar-refractivity contribution >= 4 is 11.8 Å². The van der Waals surface area contributed by atoms with Crippen LogP contribution in [0.15, 0.2) is 29.2 Å². The van der Waals surface area contributed by atoms with Crippen molar-refractivity contribution in [3.63, 3.8) is 0 Å². The van der Waals surface area contributed by atoms with Crippen molar-refractivity contribution in [2.75, 3.05) is 12.4 Å². The predicted octanol–water partition coefficient (Wildman–Crippen LogP) is 1.53. The fraction of sp³-hybridized carbons (Fsp3) is 0.333. The van der Waals surface area contributed by atoms with E-state index in [4.69, 9.17) is 4.74 Å². The van der Waals surface area contributed by atoms with Gasteiger partial charge in [-0.25, -0.2) is 0 Å². The SMILES string of the molecule is O[C@@H]1COc2ccccc2SC1. The number of benzene rings is 1. The van der Waals surface area contributed by atoms with Crippen molar-refractivity contribution in [1.82, 2.24) is 0 Å². The van der Waals surface area contributed by atoms with Gasteiger partial charge in [0.25, 0.3) is 0 Å². The largest absolute Gasteiger partial charge is 0.490 e. The summed E-state index contributed by atoms with van der Waals surface area (Å²) in [4.78, 5) is 1.12. The third-order valence-corrected chi connectivity index (χ3v) is 2.91.